The molecule has 1 aromatic carbocycles. The number of ether oxygens (including phenoxy) is 1. The lowest BCUT2D eigenvalue weighted by Gasteiger charge is -2.15. The predicted octanol–water partition coefficient (Wildman–Crippen LogP) is 1.55. The third-order valence-corrected chi connectivity index (χ3v) is 4.22. The fraction of sp³-hybridized carbons (Fsp3) is 0.450. The summed E-state index contributed by atoms with van der Waals surface area (Å²) in [5, 5.41) is 13.9. The fourth-order valence-corrected chi connectivity index (χ4v) is 2.76. The topological polar surface area (TPSA) is 109 Å². The second-order valence-electron chi connectivity index (χ2n) is 6.34. The number of carbonyl (C=O) groups is 2. The van der Waals surface area contributed by atoms with Gasteiger partial charge in [-0.1, -0.05) is 13.3 Å². The third-order valence-electron chi connectivity index (χ3n) is 4.22. The Morgan fingerprint density at radius 1 is 1.22 bits per heavy atom. The summed E-state index contributed by atoms with van der Waals surface area (Å²) in [6, 6.07) is 6.64. The van der Waals surface area contributed by atoms with Gasteiger partial charge in [-0.25, -0.2) is 4.79 Å². The van der Waals surface area contributed by atoms with Crippen molar-refractivity contribution in [2.45, 2.75) is 52.1 Å². The van der Waals surface area contributed by atoms with E-state index in [-0.39, 0.29) is 12.3 Å². The molecule has 1 heterocycles. The Hall–Kier alpha value is -2.83. The number of carboxylic acid groups (broad SMARTS) is 1. The number of benzene rings is 1. The summed E-state index contributed by atoms with van der Waals surface area (Å²) in [5.41, 5.74) is 0.913. The highest BCUT2D eigenvalue weighted by molar-refractivity contribution is 5.82. The van der Waals surface area contributed by atoms with Gasteiger partial charge in [-0.3, -0.25) is 4.79 Å². The van der Waals surface area contributed by atoms with E-state index in [4.69, 9.17) is 9.15 Å². The lowest BCUT2D eigenvalue weighted by atomic mass is 10.1. The average Bonchev–Trinajstić information content (AvgIpc) is 2.62. The van der Waals surface area contributed by atoms with Gasteiger partial charge in [0.15, 0.2) is 6.10 Å². The summed E-state index contributed by atoms with van der Waals surface area (Å²) in [6.07, 6.45) is 1.95. The summed E-state index contributed by atoms with van der Waals surface area (Å²) >= 11 is 0. The van der Waals surface area contributed by atoms with Crippen LogP contribution in [0.2, 0.25) is 0 Å². The van der Waals surface area contributed by atoms with Crippen molar-refractivity contribution in [3.8, 4) is 5.75 Å². The Labute approximate surface area is 157 Å². The zero-order chi connectivity index (χ0) is 19.8. The normalized spacial score (nSPS) is 11.9. The maximum Gasteiger partial charge on any atom is 0.336 e. The van der Waals surface area contributed by atoms with E-state index >= 15 is 0 Å². The van der Waals surface area contributed by atoms with Crippen LogP contribution in [0.4, 0.5) is 0 Å². The van der Waals surface area contributed by atoms with E-state index in [1.54, 1.807) is 19.1 Å². The molecule has 1 atom stereocenters. The maximum atomic E-state index is 12.1. The third kappa shape index (κ3) is 6.13. The Bertz CT molecular complexity index is 857. The van der Waals surface area contributed by atoms with Crippen molar-refractivity contribution in [1.29, 1.82) is 0 Å². The Morgan fingerprint density at radius 2 is 2.00 bits per heavy atom. The Kier molecular flexibility index (Phi) is 7.40. The van der Waals surface area contributed by atoms with E-state index in [1.165, 1.54) is 6.07 Å². The fourth-order valence-electron chi connectivity index (χ4n) is 2.76. The van der Waals surface area contributed by atoms with Crippen LogP contribution in [0, 0.1) is 0 Å². The molecule has 1 N–H and O–H groups in total. The first-order valence-electron chi connectivity index (χ1n) is 9.11. The smallest absolute Gasteiger partial charge is 0.336 e. The molecule has 27 heavy (non-hydrogen) atoms. The van der Waals surface area contributed by atoms with Crippen molar-refractivity contribution >= 4 is 22.8 Å². The largest absolute Gasteiger partial charge is 0.550 e. The van der Waals surface area contributed by atoms with Gasteiger partial charge in [0.1, 0.15) is 11.3 Å². The van der Waals surface area contributed by atoms with Crippen molar-refractivity contribution < 1.29 is 23.8 Å². The van der Waals surface area contributed by atoms with Crippen LogP contribution in [0.15, 0.2) is 33.5 Å². The van der Waals surface area contributed by atoms with Crippen molar-refractivity contribution in [1.82, 2.24) is 5.32 Å². The number of fused-ring (bicyclic) bond motifs is 1. The minimum absolute atomic E-state index is 0.0330. The van der Waals surface area contributed by atoms with E-state index in [0.29, 0.717) is 43.6 Å². The highest BCUT2D eigenvalue weighted by Gasteiger charge is 2.15. The number of aryl methyl sites for hydroxylation is 1. The molecule has 2 rings (SSSR count). The van der Waals surface area contributed by atoms with Crippen LogP contribution in [-0.2, 0) is 16.0 Å². The first-order chi connectivity index (χ1) is 12.9. The standard InChI is InChI=1S/C20H25NO6/c1-3-14-11-19(24)27-17-12-15(8-9-16(14)17)26-13(2)20(25)21-10-6-4-5-7-18(22)23/h8-9,11-13H,3-7,10H2,1-2H3,(H,21,25)(H,22,23)/p-1/t13-/m0/s1. The van der Waals surface area contributed by atoms with Gasteiger partial charge in [0, 0.05) is 30.0 Å². The Balaban J connectivity index is 1.89. The summed E-state index contributed by atoms with van der Waals surface area (Å²) < 4.78 is 10.9. The highest BCUT2D eigenvalue weighted by atomic mass is 16.5. The molecule has 7 nitrogen and oxygen atoms in total. The number of carboxylic acids is 1. The van der Waals surface area contributed by atoms with Crippen LogP contribution >= 0.6 is 0 Å². The number of amides is 1. The van der Waals surface area contributed by atoms with Gasteiger partial charge in [0.25, 0.3) is 5.91 Å². The summed E-state index contributed by atoms with van der Waals surface area (Å²) in [7, 11) is 0. The van der Waals surface area contributed by atoms with Gasteiger partial charge >= 0.3 is 5.63 Å². The average molecular weight is 374 g/mol. The highest BCUT2D eigenvalue weighted by Crippen LogP contribution is 2.23. The molecule has 0 saturated heterocycles. The molecule has 0 aliphatic carbocycles. The van der Waals surface area contributed by atoms with Crippen LogP contribution in [0.3, 0.4) is 0 Å². The van der Waals surface area contributed by atoms with Crippen LogP contribution in [0.1, 0.15) is 45.1 Å². The number of hydrogen-bond acceptors (Lipinski definition) is 6. The number of nitrogens with one attached hydrogen (secondary N) is 1. The van der Waals surface area contributed by atoms with Crippen LogP contribution < -0.4 is 20.8 Å². The number of aliphatic carboxylic acids is 1. The molecular weight excluding hydrogens is 350 g/mol. The maximum absolute atomic E-state index is 12.1. The molecule has 1 amide bonds. The Morgan fingerprint density at radius 3 is 2.70 bits per heavy atom. The zero-order valence-corrected chi connectivity index (χ0v) is 15.6. The molecule has 0 aliphatic heterocycles. The van der Waals surface area contributed by atoms with Crippen molar-refractivity contribution in [3.63, 3.8) is 0 Å². The van der Waals surface area contributed by atoms with Crippen molar-refractivity contribution in [3.05, 3.63) is 40.2 Å². The molecule has 7 heteroatoms. The second-order valence-corrected chi connectivity index (χ2v) is 6.34. The lowest BCUT2D eigenvalue weighted by Crippen LogP contribution is -2.36. The summed E-state index contributed by atoms with van der Waals surface area (Å²) in [6.45, 7) is 4.05. The second kappa shape index (κ2) is 9.75. The molecule has 0 radical (unpaired) electrons. The van der Waals surface area contributed by atoms with Gasteiger partial charge in [-0.15, -0.1) is 0 Å². The molecule has 1 aromatic heterocycles. The van der Waals surface area contributed by atoms with Crippen LogP contribution in [0.25, 0.3) is 11.0 Å². The number of unbranched alkanes of at least 4 members (excludes halogenated alkanes) is 2. The molecule has 0 spiro atoms. The first kappa shape index (κ1) is 20.5. The van der Waals surface area contributed by atoms with Crippen LogP contribution in [0.5, 0.6) is 5.75 Å². The lowest BCUT2D eigenvalue weighted by molar-refractivity contribution is -0.305. The van der Waals surface area contributed by atoms with Crippen molar-refractivity contribution in [2.75, 3.05) is 6.54 Å². The predicted molar refractivity (Wildman–Crippen MR) is 98.4 cm³/mol. The van der Waals surface area contributed by atoms with Gasteiger partial charge < -0.3 is 24.4 Å². The van der Waals surface area contributed by atoms with E-state index in [0.717, 1.165) is 10.9 Å². The first-order valence-corrected chi connectivity index (χ1v) is 9.11. The summed E-state index contributed by atoms with van der Waals surface area (Å²) in [4.78, 5) is 34.0. The molecule has 0 unspecified atom stereocenters. The SMILES string of the molecule is CCc1cc(=O)oc2cc(O[C@@H](C)C(=O)NCCCCCC(=O)[O-])ccc12. The quantitative estimate of drug-likeness (QED) is 0.499. The van der Waals surface area contributed by atoms with Gasteiger partial charge in [0.05, 0.1) is 0 Å². The number of hydrogen-bond donors (Lipinski definition) is 1. The minimum Gasteiger partial charge on any atom is -0.550 e. The van der Waals surface area contributed by atoms with Gasteiger partial charge in [0.2, 0.25) is 0 Å². The summed E-state index contributed by atoms with van der Waals surface area (Å²) in [5.74, 6) is -0.882. The van der Waals surface area contributed by atoms with Crippen LogP contribution in [-0.4, -0.2) is 24.5 Å². The minimum atomic E-state index is -1.06. The molecule has 0 aliphatic rings. The zero-order valence-electron chi connectivity index (χ0n) is 15.6. The van der Waals surface area contributed by atoms with E-state index in [1.807, 2.05) is 13.0 Å². The monoisotopic (exact) mass is 374 g/mol. The van der Waals surface area contributed by atoms with E-state index in [9.17, 15) is 19.5 Å². The number of rotatable bonds is 10. The molecular formula is C20H24NO6-. The van der Waals surface area contributed by atoms with Crippen molar-refractivity contribution in [2.24, 2.45) is 0 Å². The molecule has 0 bridgehead atoms. The molecule has 2 aromatic rings. The molecule has 146 valence electrons. The van der Waals surface area contributed by atoms with Gasteiger partial charge in [-0.05, 0) is 50.3 Å². The van der Waals surface area contributed by atoms with E-state index in [2.05, 4.69) is 5.32 Å². The van der Waals surface area contributed by atoms with Gasteiger partial charge in [-0.2, -0.15) is 0 Å². The molecule has 0 fully saturated rings. The molecule has 0 saturated carbocycles. The van der Waals surface area contributed by atoms with E-state index < -0.39 is 17.7 Å². The number of carbonyl (C=O) groups excluding carboxylic acids is 2.